The quantitative estimate of drug-likeness (QED) is 0.347. The molecule has 0 aliphatic rings. The van der Waals surface area contributed by atoms with Crippen LogP contribution >= 0.6 is 11.8 Å². The maximum absolute atomic E-state index is 13.5. The van der Waals surface area contributed by atoms with E-state index in [-0.39, 0.29) is 11.1 Å². The van der Waals surface area contributed by atoms with Crippen molar-refractivity contribution in [2.24, 2.45) is 0 Å². The number of Topliss-reactive ketones (excluding diaryl/α,β-unsaturated/α-hetero) is 1. The molecule has 0 saturated carbocycles. The van der Waals surface area contributed by atoms with Crippen molar-refractivity contribution >= 4 is 17.5 Å². The first-order chi connectivity index (χ1) is 13.5. The van der Waals surface area contributed by atoms with Crippen molar-refractivity contribution in [3.05, 3.63) is 72.3 Å². The van der Waals surface area contributed by atoms with E-state index < -0.39 is 17.7 Å². The van der Waals surface area contributed by atoms with Gasteiger partial charge in [-0.25, -0.2) is 0 Å². The van der Waals surface area contributed by atoms with Crippen molar-refractivity contribution in [1.29, 1.82) is 0 Å². The molecule has 2 atom stereocenters. The summed E-state index contributed by atoms with van der Waals surface area (Å²) in [4.78, 5) is 13.5. The number of aliphatic hydroxyl groups is 1. The third-order valence-corrected chi connectivity index (χ3v) is 4.96. The first kappa shape index (κ1) is 22.0. The summed E-state index contributed by atoms with van der Waals surface area (Å²) < 4.78 is 16.7. The molecular formula is C22H26O5S. The van der Waals surface area contributed by atoms with Crippen LogP contribution in [0.2, 0.25) is 0 Å². The van der Waals surface area contributed by atoms with Gasteiger partial charge in [0.1, 0.15) is 11.5 Å². The molecule has 0 bridgehead atoms. The number of para-hydroxylation sites is 2. The van der Waals surface area contributed by atoms with Gasteiger partial charge in [-0.3, -0.25) is 4.79 Å². The highest BCUT2D eigenvalue weighted by molar-refractivity contribution is 7.98. The highest BCUT2D eigenvalue weighted by atomic mass is 32.2. The number of thioether (sulfide) groups is 1. The molecule has 2 aromatic carbocycles. The van der Waals surface area contributed by atoms with Gasteiger partial charge in [0.25, 0.3) is 5.79 Å². The van der Waals surface area contributed by atoms with E-state index >= 15 is 0 Å². The fraction of sp³-hybridized carbons (Fsp3) is 0.318. The Labute approximate surface area is 170 Å². The maximum atomic E-state index is 13.5. The highest BCUT2D eigenvalue weighted by Crippen LogP contribution is 2.37. The van der Waals surface area contributed by atoms with Gasteiger partial charge in [-0.05, 0) is 36.9 Å². The lowest BCUT2D eigenvalue weighted by atomic mass is 9.94. The summed E-state index contributed by atoms with van der Waals surface area (Å²) in [5.41, 5.74) is 0.462. The van der Waals surface area contributed by atoms with Crippen LogP contribution in [0.1, 0.15) is 22.3 Å². The van der Waals surface area contributed by atoms with Gasteiger partial charge in [0.15, 0.2) is 0 Å². The zero-order valence-electron chi connectivity index (χ0n) is 16.4. The zero-order chi connectivity index (χ0) is 20.6. The summed E-state index contributed by atoms with van der Waals surface area (Å²) in [5, 5.41) is 11.6. The number of methoxy groups -OCH3 is 2. The molecule has 0 heterocycles. The van der Waals surface area contributed by atoms with Crippen LogP contribution in [0.3, 0.4) is 0 Å². The largest absolute Gasteiger partial charge is 0.496 e. The first-order valence-electron chi connectivity index (χ1n) is 8.83. The minimum absolute atomic E-state index is 0.222. The van der Waals surface area contributed by atoms with Crippen molar-refractivity contribution < 1.29 is 24.1 Å². The summed E-state index contributed by atoms with van der Waals surface area (Å²) in [5.74, 6) is -1.57. The second-order valence-electron chi connectivity index (χ2n) is 6.09. The monoisotopic (exact) mass is 402 g/mol. The number of benzene rings is 2. The Kier molecular flexibility index (Phi) is 8.11. The minimum Gasteiger partial charge on any atom is -0.496 e. The van der Waals surface area contributed by atoms with Crippen LogP contribution in [0.5, 0.6) is 11.5 Å². The van der Waals surface area contributed by atoms with Crippen LogP contribution in [-0.2, 0) is 10.5 Å². The molecule has 1 N–H and O–H groups in total. The van der Waals surface area contributed by atoms with E-state index in [0.717, 1.165) is 0 Å². The third-order valence-electron chi connectivity index (χ3n) is 4.25. The van der Waals surface area contributed by atoms with Crippen LogP contribution in [0.4, 0.5) is 0 Å². The van der Waals surface area contributed by atoms with Gasteiger partial charge in [-0.1, -0.05) is 30.3 Å². The maximum Gasteiger partial charge on any atom is 0.262 e. The lowest BCUT2D eigenvalue weighted by molar-refractivity contribution is -0.197. The summed E-state index contributed by atoms with van der Waals surface area (Å²) in [7, 11) is 2.96. The van der Waals surface area contributed by atoms with Crippen molar-refractivity contribution in [1.82, 2.24) is 0 Å². The van der Waals surface area contributed by atoms with E-state index in [4.69, 9.17) is 14.2 Å². The summed E-state index contributed by atoms with van der Waals surface area (Å²) in [6, 6.07) is 13.5. The predicted molar refractivity (Wildman–Crippen MR) is 112 cm³/mol. The van der Waals surface area contributed by atoms with Crippen molar-refractivity contribution in [3.63, 3.8) is 0 Å². The number of ketones is 1. The number of hydrogen-bond acceptors (Lipinski definition) is 6. The Hall–Kier alpha value is -2.28. The van der Waals surface area contributed by atoms with Gasteiger partial charge in [0.2, 0.25) is 5.78 Å². The number of ether oxygens (including phenoxy) is 3. The molecule has 0 aliphatic heterocycles. The molecule has 2 rings (SSSR count). The van der Waals surface area contributed by atoms with Crippen molar-refractivity contribution in [2.45, 2.75) is 18.3 Å². The van der Waals surface area contributed by atoms with Crippen LogP contribution < -0.4 is 9.47 Å². The summed E-state index contributed by atoms with van der Waals surface area (Å²) in [6.07, 6.45) is 3.71. The molecule has 2 aromatic rings. The molecule has 28 heavy (non-hydrogen) atoms. The molecule has 6 heteroatoms. The van der Waals surface area contributed by atoms with Gasteiger partial charge < -0.3 is 19.3 Å². The fourth-order valence-electron chi connectivity index (χ4n) is 2.94. The first-order valence-corrected chi connectivity index (χ1v) is 10.2. The van der Waals surface area contributed by atoms with E-state index in [1.54, 1.807) is 66.4 Å². The average Bonchev–Trinajstić information content (AvgIpc) is 2.73. The third kappa shape index (κ3) is 4.76. The van der Waals surface area contributed by atoms with Crippen LogP contribution in [0.15, 0.2) is 61.2 Å². The second-order valence-corrected chi connectivity index (χ2v) is 7.00. The van der Waals surface area contributed by atoms with Crippen molar-refractivity contribution in [2.75, 3.05) is 26.2 Å². The second kappa shape index (κ2) is 10.3. The lowest BCUT2D eigenvalue weighted by Gasteiger charge is -2.32. The molecule has 0 aliphatic carbocycles. The Bertz CT molecular complexity index is 807. The Morgan fingerprint density at radius 1 is 1.14 bits per heavy atom. The lowest BCUT2D eigenvalue weighted by Crippen LogP contribution is -2.43. The fourth-order valence-corrected chi connectivity index (χ4v) is 3.52. The highest BCUT2D eigenvalue weighted by Gasteiger charge is 2.45. The Balaban J connectivity index is 2.60. The van der Waals surface area contributed by atoms with E-state index in [1.165, 1.54) is 14.2 Å². The van der Waals surface area contributed by atoms with Crippen LogP contribution in [0.25, 0.3) is 0 Å². The Morgan fingerprint density at radius 2 is 1.75 bits per heavy atom. The smallest absolute Gasteiger partial charge is 0.262 e. The summed E-state index contributed by atoms with van der Waals surface area (Å²) >= 11 is 1.56. The molecule has 2 unspecified atom stereocenters. The molecule has 0 amide bonds. The van der Waals surface area contributed by atoms with E-state index in [2.05, 4.69) is 6.58 Å². The van der Waals surface area contributed by atoms with Gasteiger partial charge in [-0.2, -0.15) is 11.8 Å². The summed E-state index contributed by atoms with van der Waals surface area (Å²) in [6.45, 7) is 3.75. The molecule has 0 aromatic heterocycles. The van der Waals surface area contributed by atoms with E-state index in [1.807, 2.05) is 6.26 Å². The minimum atomic E-state index is -2.25. The van der Waals surface area contributed by atoms with Crippen LogP contribution in [-0.4, -0.2) is 43.2 Å². The number of hydrogen-bond donors (Lipinski definition) is 1. The molecule has 5 nitrogen and oxygen atoms in total. The number of rotatable bonds is 11. The number of carbonyl (C=O) groups excluding carboxylic acids is 1. The number of carbonyl (C=O) groups is 1. The molecule has 0 radical (unpaired) electrons. The normalized spacial score (nSPS) is 14.0. The predicted octanol–water partition coefficient (Wildman–Crippen LogP) is 4.06. The molecule has 150 valence electrons. The molecular weight excluding hydrogens is 376 g/mol. The van der Waals surface area contributed by atoms with Gasteiger partial charge in [0.05, 0.1) is 31.5 Å². The zero-order valence-corrected chi connectivity index (χ0v) is 17.2. The van der Waals surface area contributed by atoms with Gasteiger partial charge >= 0.3 is 0 Å². The van der Waals surface area contributed by atoms with Crippen molar-refractivity contribution in [3.8, 4) is 11.5 Å². The van der Waals surface area contributed by atoms with Gasteiger partial charge in [0, 0.05) is 5.75 Å². The Morgan fingerprint density at radius 3 is 2.36 bits per heavy atom. The average molecular weight is 403 g/mol. The molecule has 0 fully saturated rings. The topological polar surface area (TPSA) is 65.0 Å². The van der Waals surface area contributed by atoms with Gasteiger partial charge in [-0.15, -0.1) is 6.58 Å². The van der Waals surface area contributed by atoms with Crippen LogP contribution in [0, 0.1) is 0 Å². The van der Waals surface area contributed by atoms with E-state index in [9.17, 15) is 9.90 Å². The SMILES string of the molecule is C=CCC(CSC)OC(O)(C(=O)c1ccccc1OC)c1ccccc1OC. The standard InChI is InChI=1S/C22H26O5S/c1-5-10-16(15-28-4)27-22(24,18-12-7-9-14-20(18)26-3)21(23)17-11-6-8-13-19(17)25-2/h5-9,11-14,16,24H,1,10,15H2,2-4H3. The molecule has 0 spiro atoms. The van der Waals surface area contributed by atoms with E-state index in [0.29, 0.717) is 23.7 Å². The molecule has 0 saturated heterocycles.